The van der Waals surface area contributed by atoms with Crippen molar-refractivity contribution in [1.29, 1.82) is 0 Å². The number of hydrogen-bond acceptors (Lipinski definition) is 4. The average Bonchev–Trinajstić information content (AvgIpc) is 2.46. The van der Waals surface area contributed by atoms with E-state index in [4.69, 9.17) is 4.74 Å². The molecule has 100 valence electrons. The summed E-state index contributed by atoms with van der Waals surface area (Å²) in [5, 5.41) is 0. The second-order valence-corrected chi connectivity index (χ2v) is 5.60. The lowest BCUT2D eigenvalue weighted by Crippen LogP contribution is -2.45. The van der Waals surface area contributed by atoms with Crippen LogP contribution in [-0.4, -0.2) is 35.8 Å². The maximum atomic E-state index is 5.57. The zero-order chi connectivity index (χ0) is 13.2. The van der Waals surface area contributed by atoms with Gasteiger partial charge in [-0.15, -0.1) is 0 Å². The van der Waals surface area contributed by atoms with Gasteiger partial charge in [-0.25, -0.2) is 0 Å². The molecule has 1 fully saturated rings. The molecule has 3 heterocycles. The van der Waals surface area contributed by atoms with Gasteiger partial charge in [0.25, 0.3) is 0 Å². The largest absolute Gasteiger partial charge is 0.377 e. The molecule has 1 aliphatic heterocycles. The molecule has 0 bridgehead atoms. The predicted molar refractivity (Wildman–Crippen MR) is 79.5 cm³/mol. The second kappa shape index (κ2) is 5.43. The SMILES string of the molecule is CCC1COCCN1c1ccnc2cc(Br)cnc12. The average molecular weight is 322 g/mol. The van der Waals surface area contributed by atoms with Crippen molar-refractivity contribution in [3.8, 4) is 0 Å². The Hall–Kier alpha value is -1.20. The molecule has 0 aromatic carbocycles. The number of hydrogen-bond donors (Lipinski definition) is 0. The van der Waals surface area contributed by atoms with E-state index in [0.717, 1.165) is 47.4 Å². The molecule has 5 heteroatoms. The van der Waals surface area contributed by atoms with E-state index in [1.807, 2.05) is 18.5 Å². The molecular formula is C14H16BrN3O. The molecule has 0 amide bonds. The molecule has 0 spiro atoms. The van der Waals surface area contributed by atoms with Crippen LogP contribution < -0.4 is 4.90 Å². The second-order valence-electron chi connectivity index (χ2n) is 4.68. The quantitative estimate of drug-likeness (QED) is 0.852. The van der Waals surface area contributed by atoms with Gasteiger partial charge in [0.1, 0.15) is 5.52 Å². The first-order chi connectivity index (χ1) is 9.29. The van der Waals surface area contributed by atoms with E-state index in [1.54, 1.807) is 0 Å². The smallest absolute Gasteiger partial charge is 0.112 e. The van der Waals surface area contributed by atoms with Gasteiger partial charge in [0.05, 0.1) is 30.5 Å². The fraction of sp³-hybridized carbons (Fsp3) is 0.429. The van der Waals surface area contributed by atoms with Crippen molar-refractivity contribution in [3.05, 3.63) is 29.0 Å². The molecule has 1 saturated heterocycles. The minimum Gasteiger partial charge on any atom is -0.377 e. The Labute approximate surface area is 120 Å². The van der Waals surface area contributed by atoms with E-state index >= 15 is 0 Å². The molecule has 0 radical (unpaired) electrons. The lowest BCUT2D eigenvalue weighted by atomic mass is 10.1. The van der Waals surface area contributed by atoms with Crippen LogP contribution in [0.4, 0.5) is 5.69 Å². The van der Waals surface area contributed by atoms with Gasteiger partial charge in [-0.3, -0.25) is 9.97 Å². The Kier molecular flexibility index (Phi) is 3.66. The van der Waals surface area contributed by atoms with Crippen molar-refractivity contribution < 1.29 is 4.74 Å². The summed E-state index contributed by atoms with van der Waals surface area (Å²) in [6, 6.07) is 4.48. The van der Waals surface area contributed by atoms with E-state index in [2.05, 4.69) is 43.8 Å². The minimum absolute atomic E-state index is 0.421. The number of pyridine rings is 2. The minimum atomic E-state index is 0.421. The van der Waals surface area contributed by atoms with Crippen molar-refractivity contribution in [3.63, 3.8) is 0 Å². The van der Waals surface area contributed by atoms with E-state index < -0.39 is 0 Å². The fourth-order valence-electron chi connectivity index (χ4n) is 2.53. The number of nitrogens with zero attached hydrogens (tertiary/aromatic N) is 3. The first kappa shape index (κ1) is 12.8. The Morgan fingerprint density at radius 3 is 3.21 bits per heavy atom. The molecule has 1 aliphatic rings. The van der Waals surface area contributed by atoms with Crippen LogP contribution in [0.25, 0.3) is 11.0 Å². The number of ether oxygens (including phenoxy) is 1. The van der Waals surface area contributed by atoms with Crippen LogP contribution in [-0.2, 0) is 4.74 Å². The van der Waals surface area contributed by atoms with Crippen molar-refractivity contribution in [1.82, 2.24) is 9.97 Å². The maximum Gasteiger partial charge on any atom is 0.112 e. The van der Waals surface area contributed by atoms with E-state index in [0.29, 0.717) is 6.04 Å². The third-order valence-electron chi connectivity index (χ3n) is 3.53. The molecule has 1 atom stereocenters. The third-order valence-corrected chi connectivity index (χ3v) is 3.96. The van der Waals surface area contributed by atoms with Gasteiger partial charge in [-0.2, -0.15) is 0 Å². The van der Waals surface area contributed by atoms with E-state index in [-0.39, 0.29) is 0 Å². The lowest BCUT2D eigenvalue weighted by molar-refractivity contribution is 0.0931. The molecule has 4 nitrogen and oxygen atoms in total. The summed E-state index contributed by atoms with van der Waals surface area (Å²) < 4.78 is 6.53. The molecule has 1 unspecified atom stereocenters. The van der Waals surface area contributed by atoms with Gasteiger partial charge < -0.3 is 9.64 Å². The Bertz CT molecular complexity index is 590. The molecule has 3 rings (SSSR count). The number of anilines is 1. The summed E-state index contributed by atoms with van der Waals surface area (Å²) in [4.78, 5) is 11.3. The van der Waals surface area contributed by atoms with Crippen LogP contribution in [0.15, 0.2) is 29.0 Å². The first-order valence-corrected chi connectivity index (χ1v) is 7.33. The zero-order valence-corrected chi connectivity index (χ0v) is 12.4. The monoisotopic (exact) mass is 321 g/mol. The Morgan fingerprint density at radius 1 is 1.47 bits per heavy atom. The van der Waals surface area contributed by atoms with Crippen LogP contribution in [0.5, 0.6) is 0 Å². The molecular weight excluding hydrogens is 306 g/mol. The molecule has 19 heavy (non-hydrogen) atoms. The highest BCUT2D eigenvalue weighted by Gasteiger charge is 2.23. The van der Waals surface area contributed by atoms with Crippen LogP contribution in [0.3, 0.4) is 0 Å². The lowest BCUT2D eigenvalue weighted by Gasteiger charge is -2.37. The predicted octanol–water partition coefficient (Wildman–Crippen LogP) is 3.01. The number of rotatable bonds is 2. The highest BCUT2D eigenvalue weighted by Crippen LogP contribution is 2.28. The summed E-state index contributed by atoms with van der Waals surface area (Å²) in [6.07, 6.45) is 4.75. The number of morpholine rings is 1. The molecule has 0 aliphatic carbocycles. The molecule has 0 saturated carbocycles. The number of aromatic nitrogens is 2. The van der Waals surface area contributed by atoms with Gasteiger partial charge in [0.2, 0.25) is 0 Å². The number of halogens is 1. The van der Waals surface area contributed by atoms with Crippen molar-refractivity contribution in [2.75, 3.05) is 24.7 Å². The third kappa shape index (κ3) is 2.44. The van der Waals surface area contributed by atoms with E-state index in [9.17, 15) is 0 Å². The van der Waals surface area contributed by atoms with Crippen LogP contribution in [0.2, 0.25) is 0 Å². The van der Waals surface area contributed by atoms with Gasteiger partial charge in [0.15, 0.2) is 0 Å². The summed E-state index contributed by atoms with van der Waals surface area (Å²) in [7, 11) is 0. The molecule has 2 aromatic heterocycles. The van der Waals surface area contributed by atoms with Crippen LogP contribution >= 0.6 is 15.9 Å². The molecule has 2 aromatic rings. The molecule has 0 N–H and O–H groups in total. The van der Waals surface area contributed by atoms with Crippen molar-refractivity contribution in [2.24, 2.45) is 0 Å². The van der Waals surface area contributed by atoms with Crippen molar-refractivity contribution in [2.45, 2.75) is 19.4 Å². The van der Waals surface area contributed by atoms with Gasteiger partial charge in [0, 0.05) is 23.4 Å². The first-order valence-electron chi connectivity index (χ1n) is 6.54. The Balaban J connectivity index is 2.08. The van der Waals surface area contributed by atoms with Gasteiger partial charge in [-0.1, -0.05) is 6.92 Å². The van der Waals surface area contributed by atoms with E-state index in [1.165, 1.54) is 0 Å². The van der Waals surface area contributed by atoms with Crippen LogP contribution in [0, 0.1) is 0 Å². The summed E-state index contributed by atoms with van der Waals surface area (Å²) in [6.45, 7) is 4.67. The highest BCUT2D eigenvalue weighted by molar-refractivity contribution is 9.10. The summed E-state index contributed by atoms with van der Waals surface area (Å²) in [5.74, 6) is 0. The van der Waals surface area contributed by atoms with Gasteiger partial charge >= 0.3 is 0 Å². The fourth-order valence-corrected chi connectivity index (χ4v) is 2.85. The topological polar surface area (TPSA) is 38.2 Å². The van der Waals surface area contributed by atoms with Gasteiger partial charge in [-0.05, 0) is 34.5 Å². The highest BCUT2D eigenvalue weighted by atomic mass is 79.9. The normalized spacial score (nSPS) is 19.9. The Morgan fingerprint density at radius 2 is 2.37 bits per heavy atom. The summed E-state index contributed by atoms with van der Waals surface area (Å²) >= 11 is 3.44. The van der Waals surface area contributed by atoms with Crippen LogP contribution in [0.1, 0.15) is 13.3 Å². The summed E-state index contributed by atoms with van der Waals surface area (Å²) in [5.41, 5.74) is 3.05. The zero-order valence-electron chi connectivity index (χ0n) is 10.8. The standard InChI is InChI=1S/C14H16BrN3O/c1-2-11-9-19-6-5-18(11)13-3-4-16-12-7-10(15)8-17-14(12)13/h3-4,7-8,11H,2,5-6,9H2,1H3. The maximum absolute atomic E-state index is 5.57. The van der Waals surface area contributed by atoms with Crippen molar-refractivity contribution >= 4 is 32.7 Å². The number of fused-ring (bicyclic) bond motifs is 1.